The summed E-state index contributed by atoms with van der Waals surface area (Å²) in [6.07, 6.45) is 3.39. The van der Waals surface area contributed by atoms with Gasteiger partial charge in [-0.3, -0.25) is 10.1 Å². The smallest absolute Gasteiger partial charge is 0.258 e. The average molecular weight is 421 g/mol. The average Bonchev–Trinajstić information content (AvgIpc) is 3.09. The van der Waals surface area contributed by atoms with Crippen LogP contribution in [-0.4, -0.2) is 48.1 Å². The zero-order valence-electron chi connectivity index (χ0n) is 17.2. The molecule has 10 heteroatoms. The van der Waals surface area contributed by atoms with Crippen LogP contribution in [-0.2, 0) is 10.0 Å². The second-order valence-corrected chi connectivity index (χ2v) is 10.0. The van der Waals surface area contributed by atoms with Crippen molar-refractivity contribution >= 4 is 27.8 Å². The Kier molecular flexibility index (Phi) is 5.95. The van der Waals surface area contributed by atoms with Crippen molar-refractivity contribution in [2.24, 2.45) is 0 Å². The van der Waals surface area contributed by atoms with Gasteiger partial charge in [0.05, 0.1) is 4.90 Å². The quantitative estimate of drug-likeness (QED) is 0.683. The molecule has 1 aliphatic rings. The number of benzene rings is 1. The largest absolute Gasteiger partial charge is 0.340 e. The highest BCUT2D eigenvalue weighted by Crippen LogP contribution is 2.20. The second kappa shape index (κ2) is 8.11. The van der Waals surface area contributed by atoms with Crippen LogP contribution in [0, 0.1) is 6.92 Å². The summed E-state index contributed by atoms with van der Waals surface area (Å²) in [6, 6.07) is 4.48. The Balaban J connectivity index is 1.78. The Labute approximate surface area is 171 Å². The number of carbonyl (C=O) groups excluding carboxylic acids is 1. The molecule has 9 nitrogen and oxygen atoms in total. The number of aromatic amines is 1. The molecule has 1 aromatic heterocycles. The lowest BCUT2D eigenvalue weighted by Crippen LogP contribution is -2.40. The lowest BCUT2D eigenvalue weighted by atomic mass is 10.1. The van der Waals surface area contributed by atoms with Crippen LogP contribution in [0.1, 0.15) is 56.0 Å². The molecule has 1 aliphatic heterocycles. The zero-order chi connectivity index (χ0) is 21.2. The standard InChI is InChI=1S/C19H28N6O3S/c1-13-8-9-14(29(27,28)24-19(2,3)4)12-15(13)16(26)20-17-21-18(23-22-17)25-10-6-5-7-11-25/h8-9,12,24H,5-7,10-11H2,1-4H3,(H2,20,21,22,23,26). The van der Waals surface area contributed by atoms with E-state index in [-0.39, 0.29) is 16.4 Å². The van der Waals surface area contributed by atoms with Crippen molar-refractivity contribution in [2.45, 2.75) is 57.4 Å². The van der Waals surface area contributed by atoms with E-state index < -0.39 is 21.5 Å². The minimum atomic E-state index is -3.75. The summed E-state index contributed by atoms with van der Waals surface area (Å²) in [4.78, 5) is 19.2. The van der Waals surface area contributed by atoms with Crippen LogP contribution < -0.4 is 14.9 Å². The molecule has 1 saturated heterocycles. The number of hydrogen-bond donors (Lipinski definition) is 3. The van der Waals surface area contributed by atoms with E-state index in [1.54, 1.807) is 33.8 Å². The number of rotatable bonds is 5. The number of anilines is 2. The molecule has 3 rings (SSSR count). The fraction of sp³-hybridized carbons (Fsp3) is 0.526. The van der Waals surface area contributed by atoms with Gasteiger partial charge in [-0.05, 0) is 64.7 Å². The number of hydrogen-bond acceptors (Lipinski definition) is 6. The molecular weight excluding hydrogens is 392 g/mol. The van der Waals surface area contributed by atoms with Gasteiger partial charge in [0.1, 0.15) is 0 Å². The zero-order valence-corrected chi connectivity index (χ0v) is 18.1. The van der Waals surface area contributed by atoms with Crippen molar-refractivity contribution in [1.29, 1.82) is 0 Å². The molecule has 0 saturated carbocycles. The Morgan fingerprint density at radius 1 is 1.17 bits per heavy atom. The van der Waals surface area contributed by atoms with Gasteiger partial charge in [-0.2, -0.15) is 4.98 Å². The highest BCUT2D eigenvalue weighted by molar-refractivity contribution is 7.89. The third kappa shape index (κ3) is 5.33. The van der Waals surface area contributed by atoms with E-state index in [0.717, 1.165) is 25.9 Å². The van der Waals surface area contributed by atoms with Crippen LogP contribution >= 0.6 is 0 Å². The molecule has 3 N–H and O–H groups in total. The Bertz CT molecular complexity index is 988. The summed E-state index contributed by atoms with van der Waals surface area (Å²) in [5.41, 5.74) is 0.294. The maximum absolute atomic E-state index is 12.8. The second-order valence-electron chi connectivity index (χ2n) is 8.32. The molecule has 0 spiro atoms. The molecular formula is C19H28N6O3S. The number of nitrogens with one attached hydrogen (secondary N) is 3. The summed E-state index contributed by atoms with van der Waals surface area (Å²) in [5, 5.41) is 9.58. The van der Waals surface area contributed by atoms with Crippen LogP contribution in [0.3, 0.4) is 0 Å². The molecule has 1 fully saturated rings. The first-order valence-electron chi connectivity index (χ1n) is 9.68. The molecule has 1 aromatic carbocycles. The Morgan fingerprint density at radius 3 is 2.52 bits per heavy atom. The van der Waals surface area contributed by atoms with E-state index in [1.807, 2.05) is 0 Å². The van der Waals surface area contributed by atoms with Gasteiger partial charge in [0.15, 0.2) is 0 Å². The van der Waals surface area contributed by atoms with E-state index in [9.17, 15) is 13.2 Å². The normalized spacial score (nSPS) is 15.4. The SMILES string of the molecule is Cc1ccc(S(=O)(=O)NC(C)(C)C)cc1C(=O)Nc1nc(N2CCCCC2)n[nH]1. The van der Waals surface area contributed by atoms with Crippen LogP contribution in [0.15, 0.2) is 23.1 Å². The van der Waals surface area contributed by atoms with Gasteiger partial charge in [0.25, 0.3) is 5.91 Å². The lowest BCUT2D eigenvalue weighted by molar-refractivity contribution is 0.102. The van der Waals surface area contributed by atoms with Gasteiger partial charge in [-0.1, -0.05) is 6.07 Å². The number of aromatic nitrogens is 3. The molecule has 0 aliphatic carbocycles. The summed E-state index contributed by atoms with van der Waals surface area (Å²) in [7, 11) is -3.75. The van der Waals surface area contributed by atoms with Crippen molar-refractivity contribution in [3.8, 4) is 0 Å². The van der Waals surface area contributed by atoms with E-state index in [0.29, 0.717) is 11.5 Å². The fourth-order valence-electron chi connectivity index (χ4n) is 3.19. The van der Waals surface area contributed by atoms with Crippen molar-refractivity contribution in [2.75, 3.05) is 23.3 Å². The molecule has 158 valence electrons. The first-order valence-corrected chi connectivity index (χ1v) is 11.2. The minimum absolute atomic E-state index is 0.0368. The maximum atomic E-state index is 12.8. The minimum Gasteiger partial charge on any atom is -0.340 e. The van der Waals surface area contributed by atoms with Crippen molar-refractivity contribution < 1.29 is 13.2 Å². The summed E-state index contributed by atoms with van der Waals surface area (Å²) in [5.74, 6) is 0.343. The van der Waals surface area contributed by atoms with Crippen LogP contribution in [0.25, 0.3) is 0 Å². The van der Waals surface area contributed by atoms with Crippen molar-refractivity contribution in [3.05, 3.63) is 29.3 Å². The van der Waals surface area contributed by atoms with Crippen LogP contribution in [0.5, 0.6) is 0 Å². The predicted molar refractivity (Wildman–Crippen MR) is 112 cm³/mol. The van der Waals surface area contributed by atoms with Crippen LogP contribution in [0.4, 0.5) is 11.9 Å². The third-order valence-electron chi connectivity index (χ3n) is 4.55. The molecule has 2 aromatic rings. The fourth-order valence-corrected chi connectivity index (χ4v) is 4.64. The van der Waals surface area contributed by atoms with Crippen LogP contribution in [0.2, 0.25) is 0 Å². The number of aryl methyl sites for hydroxylation is 1. The Hall–Kier alpha value is -2.46. The van der Waals surface area contributed by atoms with Gasteiger partial charge in [0.2, 0.25) is 21.9 Å². The predicted octanol–water partition coefficient (Wildman–Crippen LogP) is 2.43. The molecule has 29 heavy (non-hydrogen) atoms. The number of carbonyl (C=O) groups is 1. The molecule has 2 heterocycles. The number of H-pyrrole nitrogens is 1. The highest BCUT2D eigenvalue weighted by Gasteiger charge is 2.24. The first-order chi connectivity index (χ1) is 13.5. The summed E-state index contributed by atoms with van der Waals surface area (Å²) in [6.45, 7) is 8.82. The molecule has 1 amide bonds. The van der Waals surface area contributed by atoms with Gasteiger partial charge in [-0.15, -0.1) is 5.10 Å². The van der Waals surface area contributed by atoms with E-state index in [4.69, 9.17) is 0 Å². The number of amides is 1. The topological polar surface area (TPSA) is 120 Å². The van der Waals surface area contributed by atoms with Gasteiger partial charge in [-0.25, -0.2) is 18.2 Å². The number of sulfonamides is 1. The number of piperidine rings is 1. The lowest BCUT2D eigenvalue weighted by Gasteiger charge is -2.24. The number of nitrogens with zero attached hydrogens (tertiary/aromatic N) is 3. The van der Waals surface area contributed by atoms with Gasteiger partial charge < -0.3 is 4.90 Å². The van der Waals surface area contributed by atoms with Gasteiger partial charge >= 0.3 is 0 Å². The summed E-state index contributed by atoms with van der Waals surface area (Å²) < 4.78 is 27.8. The first kappa shape index (κ1) is 21.3. The van der Waals surface area contributed by atoms with E-state index in [1.165, 1.54) is 18.6 Å². The molecule has 0 atom stereocenters. The van der Waals surface area contributed by atoms with Crippen molar-refractivity contribution in [3.63, 3.8) is 0 Å². The Morgan fingerprint density at radius 2 is 1.86 bits per heavy atom. The highest BCUT2D eigenvalue weighted by atomic mass is 32.2. The third-order valence-corrected chi connectivity index (χ3v) is 6.30. The molecule has 0 bridgehead atoms. The maximum Gasteiger partial charge on any atom is 0.258 e. The molecule has 0 unspecified atom stereocenters. The van der Waals surface area contributed by atoms with Gasteiger partial charge in [0, 0.05) is 24.2 Å². The monoisotopic (exact) mass is 420 g/mol. The van der Waals surface area contributed by atoms with Crippen molar-refractivity contribution in [1.82, 2.24) is 19.9 Å². The molecule has 0 radical (unpaired) electrons. The van der Waals surface area contributed by atoms with E-state index in [2.05, 4.69) is 30.1 Å². The summed E-state index contributed by atoms with van der Waals surface area (Å²) >= 11 is 0. The van der Waals surface area contributed by atoms with E-state index >= 15 is 0 Å².